The molecule has 0 unspecified atom stereocenters. The highest BCUT2D eigenvalue weighted by Gasteiger charge is 2.12. The van der Waals surface area contributed by atoms with E-state index in [0.29, 0.717) is 40.9 Å². The van der Waals surface area contributed by atoms with Crippen LogP contribution in [0.2, 0.25) is 0 Å². The summed E-state index contributed by atoms with van der Waals surface area (Å²) in [5.74, 6) is 2.97. The molecule has 0 saturated heterocycles. The van der Waals surface area contributed by atoms with Crippen LogP contribution in [0.5, 0.6) is 28.7 Å². The minimum atomic E-state index is -0.236. The van der Waals surface area contributed by atoms with Gasteiger partial charge in [0.2, 0.25) is 0 Å². The van der Waals surface area contributed by atoms with Crippen LogP contribution in [0.25, 0.3) is 0 Å². The van der Waals surface area contributed by atoms with Crippen molar-refractivity contribution in [2.45, 2.75) is 19.8 Å². The maximum atomic E-state index is 12.6. The van der Waals surface area contributed by atoms with Gasteiger partial charge in [0.25, 0.3) is 5.91 Å². The van der Waals surface area contributed by atoms with Crippen molar-refractivity contribution in [3.8, 4) is 28.7 Å². The number of carbonyl (C=O) groups is 1. The van der Waals surface area contributed by atoms with Crippen LogP contribution in [-0.4, -0.2) is 26.7 Å². The summed E-state index contributed by atoms with van der Waals surface area (Å²) in [5.41, 5.74) is 1.14. The lowest BCUT2D eigenvalue weighted by molar-refractivity contribution is 0.102. The van der Waals surface area contributed by atoms with E-state index >= 15 is 0 Å². The molecule has 0 aliphatic heterocycles. The van der Waals surface area contributed by atoms with Crippen molar-refractivity contribution in [3.63, 3.8) is 0 Å². The third-order valence-corrected chi connectivity index (χ3v) is 4.57. The van der Waals surface area contributed by atoms with Gasteiger partial charge in [0.1, 0.15) is 17.2 Å². The van der Waals surface area contributed by atoms with Gasteiger partial charge in [-0.2, -0.15) is 0 Å². The van der Waals surface area contributed by atoms with Gasteiger partial charge < -0.3 is 24.3 Å². The number of amides is 1. The molecule has 0 fully saturated rings. The quantitative estimate of drug-likeness (QED) is 0.411. The molecule has 0 aliphatic carbocycles. The van der Waals surface area contributed by atoms with Crippen molar-refractivity contribution >= 4 is 11.6 Å². The summed E-state index contributed by atoms with van der Waals surface area (Å²) < 4.78 is 22.1. The Labute approximate surface area is 182 Å². The van der Waals surface area contributed by atoms with Gasteiger partial charge >= 0.3 is 0 Å². The van der Waals surface area contributed by atoms with Crippen LogP contribution in [0, 0.1) is 0 Å². The molecule has 0 saturated carbocycles. The number of nitrogens with one attached hydrogen (secondary N) is 1. The predicted molar refractivity (Wildman–Crippen MR) is 121 cm³/mol. The molecule has 1 amide bonds. The number of unbranched alkanes of at least 4 members (excludes halogenated alkanes) is 1. The first kappa shape index (κ1) is 22.0. The Balaban J connectivity index is 1.63. The average molecular weight is 421 g/mol. The summed E-state index contributed by atoms with van der Waals surface area (Å²) in [6, 6.07) is 19.7. The van der Waals surface area contributed by atoms with Crippen LogP contribution < -0.4 is 24.3 Å². The number of anilines is 1. The van der Waals surface area contributed by atoms with Crippen molar-refractivity contribution in [1.29, 1.82) is 0 Å². The number of benzene rings is 3. The van der Waals surface area contributed by atoms with E-state index in [0.717, 1.165) is 18.6 Å². The Bertz CT molecular complexity index is 1000. The Morgan fingerprint density at radius 2 is 1.61 bits per heavy atom. The Hall–Kier alpha value is -3.67. The van der Waals surface area contributed by atoms with Crippen molar-refractivity contribution in [2.75, 3.05) is 26.1 Å². The lowest BCUT2D eigenvalue weighted by Gasteiger charge is -2.12. The summed E-state index contributed by atoms with van der Waals surface area (Å²) in [7, 11) is 3.17. The SMILES string of the molecule is CCCCOc1ccc(C(=O)Nc2ccc(Oc3cccc(OC)c3)cc2)cc1OC. The molecule has 6 nitrogen and oxygen atoms in total. The number of ether oxygens (including phenoxy) is 4. The normalized spacial score (nSPS) is 10.3. The monoisotopic (exact) mass is 421 g/mol. The van der Waals surface area contributed by atoms with Crippen molar-refractivity contribution in [1.82, 2.24) is 0 Å². The van der Waals surface area contributed by atoms with E-state index in [9.17, 15) is 4.79 Å². The number of rotatable bonds is 10. The van der Waals surface area contributed by atoms with Crippen LogP contribution in [-0.2, 0) is 0 Å². The zero-order valence-corrected chi connectivity index (χ0v) is 18.0. The van der Waals surface area contributed by atoms with E-state index in [2.05, 4.69) is 12.2 Å². The standard InChI is InChI=1S/C25H27NO5/c1-4-5-15-30-23-14-9-18(16-24(23)29-3)25(27)26-19-10-12-20(13-11-19)31-22-8-6-7-21(17-22)28-2/h6-14,16-17H,4-5,15H2,1-3H3,(H,26,27). The molecular weight excluding hydrogens is 394 g/mol. The lowest BCUT2D eigenvalue weighted by atomic mass is 10.1. The lowest BCUT2D eigenvalue weighted by Crippen LogP contribution is -2.12. The Kier molecular flexibility index (Phi) is 7.76. The van der Waals surface area contributed by atoms with Crippen molar-refractivity contribution in [2.24, 2.45) is 0 Å². The molecule has 3 rings (SSSR count). The molecule has 0 heterocycles. The van der Waals surface area contributed by atoms with Crippen LogP contribution in [0.3, 0.4) is 0 Å². The first-order valence-electron chi connectivity index (χ1n) is 10.2. The molecule has 6 heteroatoms. The minimum absolute atomic E-state index is 0.236. The van der Waals surface area contributed by atoms with Crippen molar-refractivity contribution < 1.29 is 23.7 Å². The second-order valence-electron chi connectivity index (χ2n) is 6.83. The molecule has 31 heavy (non-hydrogen) atoms. The van der Waals surface area contributed by atoms with Crippen LogP contribution in [0.4, 0.5) is 5.69 Å². The molecule has 0 atom stereocenters. The summed E-state index contributed by atoms with van der Waals surface area (Å²) in [5, 5.41) is 2.88. The molecule has 0 aliphatic rings. The molecule has 0 aromatic heterocycles. The molecule has 0 radical (unpaired) electrons. The summed E-state index contributed by atoms with van der Waals surface area (Å²) >= 11 is 0. The molecule has 162 valence electrons. The van der Waals surface area contributed by atoms with Crippen LogP contribution in [0.1, 0.15) is 30.1 Å². The maximum absolute atomic E-state index is 12.6. The largest absolute Gasteiger partial charge is 0.497 e. The van der Waals surface area contributed by atoms with Crippen LogP contribution >= 0.6 is 0 Å². The van der Waals surface area contributed by atoms with Crippen molar-refractivity contribution in [3.05, 3.63) is 72.3 Å². The molecule has 0 spiro atoms. The first-order valence-corrected chi connectivity index (χ1v) is 10.2. The van der Waals surface area contributed by atoms with E-state index in [1.54, 1.807) is 62.8 Å². The Morgan fingerprint density at radius 3 is 2.32 bits per heavy atom. The zero-order chi connectivity index (χ0) is 22.1. The van der Waals surface area contributed by atoms with E-state index in [1.807, 2.05) is 18.2 Å². The number of hydrogen-bond acceptors (Lipinski definition) is 5. The molecule has 3 aromatic rings. The van der Waals surface area contributed by atoms with Gasteiger partial charge in [-0.05, 0) is 61.0 Å². The van der Waals surface area contributed by atoms with E-state index in [-0.39, 0.29) is 5.91 Å². The summed E-state index contributed by atoms with van der Waals surface area (Å²) in [6.07, 6.45) is 2.01. The molecule has 0 bridgehead atoms. The minimum Gasteiger partial charge on any atom is -0.497 e. The third-order valence-electron chi connectivity index (χ3n) is 4.57. The van der Waals surface area contributed by atoms with Gasteiger partial charge in [0, 0.05) is 17.3 Å². The maximum Gasteiger partial charge on any atom is 0.255 e. The van der Waals surface area contributed by atoms with E-state index in [1.165, 1.54) is 0 Å². The fourth-order valence-corrected chi connectivity index (χ4v) is 2.86. The third kappa shape index (κ3) is 6.15. The highest BCUT2D eigenvalue weighted by Crippen LogP contribution is 2.29. The average Bonchev–Trinajstić information content (AvgIpc) is 2.80. The summed E-state index contributed by atoms with van der Waals surface area (Å²) in [4.78, 5) is 12.6. The van der Waals surface area contributed by atoms with E-state index in [4.69, 9.17) is 18.9 Å². The fraction of sp³-hybridized carbons (Fsp3) is 0.240. The fourth-order valence-electron chi connectivity index (χ4n) is 2.86. The second kappa shape index (κ2) is 10.9. The predicted octanol–water partition coefficient (Wildman–Crippen LogP) is 5.93. The van der Waals surface area contributed by atoms with Gasteiger partial charge in [-0.1, -0.05) is 19.4 Å². The second-order valence-corrected chi connectivity index (χ2v) is 6.83. The number of methoxy groups -OCH3 is 2. The summed E-state index contributed by atoms with van der Waals surface area (Å²) in [6.45, 7) is 2.72. The smallest absolute Gasteiger partial charge is 0.255 e. The first-order chi connectivity index (χ1) is 15.1. The molecule has 3 aromatic carbocycles. The zero-order valence-electron chi connectivity index (χ0n) is 18.0. The van der Waals surface area contributed by atoms with E-state index < -0.39 is 0 Å². The highest BCUT2D eigenvalue weighted by molar-refractivity contribution is 6.04. The Morgan fingerprint density at radius 1 is 0.839 bits per heavy atom. The molecule has 1 N–H and O–H groups in total. The highest BCUT2D eigenvalue weighted by atomic mass is 16.5. The molecular formula is C25H27NO5. The topological polar surface area (TPSA) is 66.0 Å². The van der Waals surface area contributed by atoms with Gasteiger partial charge in [-0.3, -0.25) is 4.79 Å². The number of carbonyl (C=O) groups excluding carboxylic acids is 1. The van der Waals surface area contributed by atoms with Gasteiger partial charge in [0.15, 0.2) is 11.5 Å². The van der Waals surface area contributed by atoms with Gasteiger partial charge in [-0.15, -0.1) is 0 Å². The van der Waals surface area contributed by atoms with Crippen LogP contribution in [0.15, 0.2) is 66.7 Å². The van der Waals surface area contributed by atoms with Gasteiger partial charge in [0.05, 0.1) is 20.8 Å². The number of hydrogen-bond donors (Lipinski definition) is 1. The van der Waals surface area contributed by atoms with Gasteiger partial charge in [-0.25, -0.2) is 0 Å².